The minimum atomic E-state index is -0.436. The van der Waals surface area contributed by atoms with Crippen LogP contribution in [0.5, 0.6) is 0 Å². The first-order chi connectivity index (χ1) is 6.24. The monoisotopic (exact) mass is 198 g/mol. The number of carbonyl (C=O) groups is 1. The summed E-state index contributed by atoms with van der Waals surface area (Å²) in [4.78, 5) is 10.7. The molecule has 2 nitrogen and oxygen atoms in total. The lowest BCUT2D eigenvalue weighted by Gasteiger charge is -1.99. The fourth-order valence-corrected chi connectivity index (χ4v) is 1.21. The third-order valence-corrected chi connectivity index (χ3v) is 2.02. The van der Waals surface area contributed by atoms with Gasteiger partial charge in [0.15, 0.2) is 0 Å². The van der Waals surface area contributed by atoms with Crippen LogP contribution in [0.25, 0.3) is 0 Å². The molecule has 1 aromatic rings. The van der Waals surface area contributed by atoms with Crippen molar-refractivity contribution < 1.29 is 9.90 Å². The molecule has 0 saturated heterocycles. The van der Waals surface area contributed by atoms with Crippen LogP contribution in [0.4, 0.5) is 0 Å². The molecule has 0 saturated carbocycles. The summed E-state index contributed by atoms with van der Waals surface area (Å²) >= 11 is 5.28. The molecule has 1 rings (SSSR count). The fraction of sp³-hybridized carbons (Fsp3) is 0.300. The topological polar surface area (TPSA) is 37.3 Å². The number of halogens is 1. The summed E-state index contributed by atoms with van der Waals surface area (Å²) in [5, 5.41) is 8.16. The van der Waals surface area contributed by atoms with Gasteiger partial charge in [-0.05, 0) is 42.1 Å². The maximum atomic E-state index is 10.7. The van der Waals surface area contributed by atoms with Crippen LogP contribution in [0.15, 0.2) is 24.3 Å². The van der Waals surface area contributed by atoms with Gasteiger partial charge in [-0.2, -0.15) is 0 Å². The highest BCUT2D eigenvalue weighted by Crippen LogP contribution is 2.08. The van der Waals surface area contributed by atoms with Gasteiger partial charge in [-0.25, -0.2) is 0 Å². The van der Waals surface area contributed by atoms with Crippen LogP contribution >= 0.6 is 11.6 Å². The minimum absolute atomic E-state index is 0.191. The smallest absolute Gasteiger partial charge is 0.252 e. The number of benzene rings is 1. The summed E-state index contributed by atoms with van der Waals surface area (Å²) in [7, 11) is 0. The molecule has 0 aromatic heterocycles. The molecular formula is C10H11ClO2. The van der Waals surface area contributed by atoms with Crippen molar-refractivity contribution in [2.75, 3.05) is 6.61 Å². The van der Waals surface area contributed by atoms with Gasteiger partial charge in [-0.1, -0.05) is 12.1 Å². The number of hydrogen-bond acceptors (Lipinski definition) is 2. The summed E-state index contributed by atoms with van der Waals surface area (Å²) in [6, 6.07) is 7.10. The van der Waals surface area contributed by atoms with Crippen LogP contribution in [0, 0.1) is 0 Å². The second-order valence-corrected chi connectivity index (χ2v) is 3.14. The molecule has 70 valence electrons. The zero-order valence-corrected chi connectivity index (χ0v) is 7.92. The van der Waals surface area contributed by atoms with Crippen molar-refractivity contribution >= 4 is 16.8 Å². The van der Waals surface area contributed by atoms with Crippen molar-refractivity contribution in [1.29, 1.82) is 0 Å². The van der Waals surface area contributed by atoms with E-state index in [1.54, 1.807) is 12.1 Å². The first kappa shape index (κ1) is 10.2. The number of aryl methyl sites for hydroxylation is 1. The Kier molecular flexibility index (Phi) is 3.93. The molecule has 0 aliphatic rings. The Morgan fingerprint density at radius 1 is 1.31 bits per heavy atom. The second-order valence-electron chi connectivity index (χ2n) is 2.80. The van der Waals surface area contributed by atoms with E-state index in [0.717, 1.165) is 18.4 Å². The highest BCUT2D eigenvalue weighted by molar-refractivity contribution is 6.67. The van der Waals surface area contributed by atoms with Gasteiger partial charge >= 0.3 is 0 Å². The summed E-state index contributed by atoms with van der Waals surface area (Å²) in [5.74, 6) is 0. The van der Waals surface area contributed by atoms with E-state index in [9.17, 15) is 4.79 Å². The van der Waals surface area contributed by atoms with E-state index in [-0.39, 0.29) is 6.61 Å². The number of aliphatic hydroxyl groups is 1. The van der Waals surface area contributed by atoms with Crippen molar-refractivity contribution in [3.05, 3.63) is 35.4 Å². The summed E-state index contributed by atoms with van der Waals surface area (Å²) in [6.45, 7) is 0.191. The molecule has 13 heavy (non-hydrogen) atoms. The van der Waals surface area contributed by atoms with Gasteiger partial charge in [0.1, 0.15) is 0 Å². The predicted molar refractivity (Wildman–Crippen MR) is 52.0 cm³/mol. The first-order valence-electron chi connectivity index (χ1n) is 4.13. The highest BCUT2D eigenvalue weighted by Gasteiger charge is 2.00. The van der Waals surface area contributed by atoms with Crippen LogP contribution < -0.4 is 0 Å². The molecule has 1 aromatic carbocycles. The van der Waals surface area contributed by atoms with E-state index >= 15 is 0 Å². The normalized spacial score (nSPS) is 10.0. The van der Waals surface area contributed by atoms with Gasteiger partial charge < -0.3 is 5.11 Å². The van der Waals surface area contributed by atoms with Gasteiger partial charge in [-0.3, -0.25) is 4.79 Å². The van der Waals surface area contributed by atoms with Crippen molar-refractivity contribution in [2.45, 2.75) is 12.8 Å². The maximum Gasteiger partial charge on any atom is 0.252 e. The molecule has 0 heterocycles. The molecule has 0 bridgehead atoms. The van der Waals surface area contributed by atoms with Crippen LogP contribution in [0.2, 0.25) is 0 Å². The largest absolute Gasteiger partial charge is 0.396 e. The Hall–Kier alpha value is -0.860. The van der Waals surface area contributed by atoms with Crippen LogP contribution in [0.3, 0.4) is 0 Å². The molecule has 0 unspecified atom stereocenters. The van der Waals surface area contributed by atoms with Crippen molar-refractivity contribution in [1.82, 2.24) is 0 Å². The molecule has 3 heteroatoms. The lowest BCUT2D eigenvalue weighted by Crippen LogP contribution is -1.92. The van der Waals surface area contributed by atoms with Crippen molar-refractivity contribution in [3.8, 4) is 0 Å². The molecular weight excluding hydrogens is 188 g/mol. The average molecular weight is 199 g/mol. The van der Waals surface area contributed by atoms with Gasteiger partial charge in [0.2, 0.25) is 0 Å². The van der Waals surface area contributed by atoms with E-state index in [1.165, 1.54) is 0 Å². The minimum Gasteiger partial charge on any atom is -0.396 e. The zero-order chi connectivity index (χ0) is 9.68. The summed E-state index contributed by atoms with van der Waals surface area (Å²) in [5.41, 5.74) is 1.62. The summed E-state index contributed by atoms with van der Waals surface area (Å²) < 4.78 is 0. The summed E-state index contributed by atoms with van der Waals surface area (Å²) in [6.07, 6.45) is 1.57. The van der Waals surface area contributed by atoms with Gasteiger partial charge in [0, 0.05) is 12.2 Å². The van der Waals surface area contributed by atoms with E-state index in [4.69, 9.17) is 16.7 Å². The Balaban J connectivity index is 2.64. The molecule has 0 radical (unpaired) electrons. The van der Waals surface area contributed by atoms with E-state index in [2.05, 4.69) is 0 Å². The highest BCUT2D eigenvalue weighted by atomic mass is 35.5. The lowest BCUT2D eigenvalue weighted by molar-refractivity contribution is 0.108. The standard InChI is InChI=1S/C10H11ClO2/c11-10(13)9-5-3-8(4-6-9)2-1-7-12/h3-6,12H,1-2,7H2. The Labute approximate surface area is 82.2 Å². The van der Waals surface area contributed by atoms with Crippen molar-refractivity contribution in [2.24, 2.45) is 0 Å². The number of aliphatic hydroxyl groups excluding tert-OH is 1. The number of carbonyl (C=O) groups excluding carboxylic acids is 1. The number of rotatable bonds is 4. The SMILES string of the molecule is O=C(Cl)c1ccc(CCCO)cc1. The van der Waals surface area contributed by atoms with Gasteiger partial charge in [0.25, 0.3) is 5.24 Å². The van der Waals surface area contributed by atoms with E-state index in [1.807, 2.05) is 12.1 Å². The third kappa shape index (κ3) is 3.17. The molecule has 0 amide bonds. The van der Waals surface area contributed by atoms with Crippen molar-refractivity contribution in [3.63, 3.8) is 0 Å². The Bertz CT molecular complexity index is 279. The Morgan fingerprint density at radius 3 is 2.38 bits per heavy atom. The first-order valence-corrected chi connectivity index (χ1v) is 4.51. The lowest BCUT2D eigenvalue weighted by atomic mass is 10.1. The fourth-order valence-electron chi connectivity index (χ4n) is 1.09. The second kappa shape index (κ2) is 5.00. The molecule has 0 spiro atoms. The predicted octanol–water partition coefficient (Wildman–Crippen LogP) is 1.99. The molecule has 0 fully saturated rings. The average Bonchev–Trinajstić information content (AvgIpc) is 2.15. The van der Waals surface area contributed by atoms with E-state index < -0.39 is 5.24 Å². The molecule has 0 aliphatic carbocycles. The van der Waals surface area contributed by atoms with Crippen LogP contribution in [-0.2, 0) is 6.42 Å². The third-order valence-electron chi connectivity index (χ3n) is 1.80. The van der Waals surface area contributed by atoms with Crippen LogP contribution in [0.1, 0.15) is 22.3 Å². The maximum absolute atomic E-state index is 10.7. The quantitative estimate of drug-likeness (QED) is 0.752. The molecule has 0 atom stereocenters. The molecule has 1 N–H and O–H groups in total. The van der Waals surface area contributed by atoms with E-state index in [0.29, 0.717) is 5.56 Å². The molecule has 0 aliphatic heterocycles. The van der Waals surface area contributed by atoms with Gasteiger partial charge in [-0.15, -0.1) is 0 Å². The van der Waals surface area contributed by atoms with Crippen LogP contribution in [-0.4, -0.2) is 17.0 Å². The Morgan fingerprint density at radius 2 is 1.92 bits per heavy atom. The zero-order valence-electron chi connectivity index (χ0n) is 7.16. The van der Waals surface area contributed by atoms with Gasteiger partial charge in [0.05, 0.1) is 0 Å². The number of hydrogen-bond donors (Lipinski definition) is 1.